The smallest absolute Gasteiger partial charge is 0.238 e. The first-order valence-corrected chi connectivity index (χ1v) is 9.16. The summed E-state index contributed by atoms with van der Waals surface area (Å²) in [5.41, 5.74) is 4.51. The van der Waals surface area contributed by atoms with E-state index in [1.165, 1.54) is 0 Å². The van der Waals surface area contributed by atoms with E-state index in [0.717, 1.165) is 28.3 Å². The Morgan fingerprint density at radius 1 is 1.15 bits per heavy atom. The van der Waals surface area contributed by atoms with Crippen molar-refractivity contribution in [1.82, 2.24) is 14.7 Å². The van der Waals surface area contributed by atoms with Crippen LogP contribution in [0.4, 0.5) is 5.69 Å². The van der Waals surface area contributed by atoms with E-state index in [1.807, 2.05) is 85.1 Å². The highest BCUT2D eigenvalue weighted by Crippen LogP contribution is 2.22. The molecule has 2 aromatic carbocycles. The number of carbonyl (C=O) groups is 1. The van der Waals surface area contributed by atoms with Crippen LogP contribution in [0, 0.1) is 13.8 Å². The van der Waals surface area contributed by atoms with Gasteiger partial charge >= 0.3 is 0 Å². The number of hydrogen-bond donors (Lipinski definition) is 1. The van der Waals surface area contributed by atoms with Gasteiger partial charge in [0.05, 0.1) is 29.3 Å². The molecule has 1 N–H and O–H groups in total. The van der Waals surface area contributed by atoms with Gasteiger partial charge in [-0.1, -0.05) is 41.9 Å². The summed E-state index contributed by atoms with van der Waals surface area (Å²) < 4.78 is 1.85. The molecule has 0 radical (unpaired) electrons. The van der Waals surface area contributed by atoms with Crippen molar-refractivity contribution in [2.24, 2.45) is 0 Å². The minimum atomic E-state index is -0.0710. The van der Waals surface area contributed by atoms with Crippen LogP contribution in [0.1, 0.15) is 17.0 Å². The Bertz CT molecular complexity index is 937. The molecule has 6 heteroatoms. The Morgan fingerprint density at radius 3 is 2.59 bits per heavy atom. The maximum atomic E-state index is 12.5. The third-order valence-corrected chi connectivity index (χ3v) is 4.55. The largest absolute Gasteiger partial charge is 0.322 e. The molecule has 0 aliphatic carbocycles. The summed E-state index contributed by atoms with van der Waals surface area (Å²) in [5, 5.41) is 8.27. The zero-order valence-electron chi connectivity index (χ0n) is 15.7. The van der Waals surface area contributed by atoms with Crippen LogP contribution in [0.5, 0.6) is 0 Å². The lowest BCUT2D eigenvalue weighted by Gasteiger charge is -2.16. The van der Waals surface area contributed by atoms with Crippen LogP contribution in [0.15, 0.2) is 54.6 Å². The molecule has 1 aromatic heterocycles. The molecule has 140 valence electrons. The number of aromatic nitrogens is 2. The summed E-state index contributed by atoms with van der Waals surface area (Å²) in [6, 6.07) is 17.5. The third kappa shape index (κ3) is 4.76. The number of aryl methyl sites for hydroxylation is 1. The lowest BCUT2D eigenvalue weighted by Crippen LogP contribution is -2.30. The maximum absolute atomic E-state index is 12.5. The van der Waals surface area contributed by atoms with Crippen LogP contribution in [0.3, 0.4) is 0 Å². The summed E-state index contributed by atoms with van der Waals surface area (Å²) in [7, 11) is 1.91. The number of rotatable bonds is 6. The second-order valence-corrected chi connectivity index (χ2v) is 7.08. The van der Waals surface area contributed by atoms with Gasteiger partial charge in [-0.25, -0.2) is 4.68 Å². The molecule has 1 amide bonds. The Hall–Kier alpha value is -2.63. The SMILES string of the molecule is Cc1nn(-c2ccccc2)c(C)c1NC(=O)CN(C)Cc1cccc(Cl)c1. The van der Waals surface area contributed by atoms with Crippen molar-refractivity contribution in [1.29, 1.82) is 0 Å². The van der Waals surface area contributed by atoms with Crippen LogP contribution in [-0.2, 0) is 11.3 Å². The molecule has 0 fully saturated rings. The molecular weight excluding hydrogens is 360 g/mol. The summed E-state index contributed by atoms with van der Waals surface area (Å²) >= 11 is 6.02. The number of nitrogens with one attached hydrogen (secondary N) is 1. The average molecular weight is 383 g/mol. The van der Waals surface area contributed by atoms with Crippen LogP contribution in [0.2, 0.25) is 5.02 Å². The molecule has 5 nitrogen and oxygen atoms in total. The van der Waals surface area contributed by atoms with Gasteiger partial charge in [0.15, 0.2) is 0 Å². The number of hydrogen-bond acceptors (Lipinski definition) is 3. The minimum absolute atomic E-state index is 0.0710. The molecule has 3 rings (SSSR count). The number of halogens is 1. The summed E-state index contributed by atoms with van der Waals surface area (Å²) in [4.78, 5) is 14.5. The van der Waals surface area contributed by atoms with Crippen molar-refractivity contribution in [3.05, 3.63) is 76.6 Å². The van der Waals surface area contributed by atoms with E-state index >= 15 is 0 Å². The van der Waals surface area contributed by atoms with Crippen LogP contribution < -0.4 is 5.32 Å². The molecule has 1 heterocycles. The fraction of sp³-hybridized carbons (Fsp3) is 0.238. The first-order chi connectivity index (χ1) is 12.9. The molecule has 0 atom stereocenters. The zero-order valence-corrected chi connectivity index (χ0v) is 16.5. The second-order valence-electron chi connectivity index (χ2n) is 6.64. The van der Waals surface area contributed by atoms with E-state index in [0.29, 0.717) is 11.6 Å². The lowest BCUT2D eigenvalue weighted by molar-refractivity contribution is -0.117. The van der Waals surface area contributed by atoms with Gasteiger partial charge in [-0.05, 0) is 50.7 Å². The van der Waals surface area contributed by atoms with Crippen molar-refractivity contribution in [2.45, 2.75) is 20.4 Å². The Labute approximate surface area is 164 Å². The van der Waals surface area contributed by atoms with E-state index in [4.69, 9.17) is 11.6 Å². The van der Waals surface area contributed by atoms with Crippen LogP contribution >= 0.6 is 11.6 Å². The number of likely N-dealkylation sites (N-methyl/N-ethyl adjacent to an activating group) is 1. The van der Waals surface area contributed by atoms with Gasteiger partial charge in [0.25, 0.3) is 0 Å². The molecule has 0 unspecified atom stereocenters. The maximum Gasteiger partial charge on any atom is 0.238 e. The van der Waals surface area contributed by atoms with Crippen molar-refractivity contribution < 1.29 is 4.79 Å². The average Bonchev–Trinajstić information content (AvgIpc) is 2.90. The summed E-state index contributed by atoms with van der Waals surface area (Å²) in [5.74, 6) is -0.0710. The number of carbonyl (C=O) groups excluding carboxylic acids is 1. The zero-order chi connectivity index (χ0) is 19.4. The molecule has 0 spiro atoms. The number of amides is 1. The molecular formula is C21H23ClN4O. The molecule has 0 saturated carbocycles. The first kappa shape index (κ1) is 19.1. The van der Waals surface area contributed by atoms with E-state index in [-0.39, 0.29) is 12.5 Å². The fourth-order valence-corrected chi connectivity index (χ4v) is 3.28. The quantitative estimate of drug-likeness (QED) is 0.694. The topological polar surface area (TPSA) is 50.2 Å². The normalized spacial score (nSPS) is 11.0. The highest BCUT2D eigenvalue weighted by atomic mass is 35.5. The molecule has 0 aliphatic heterocycles. The Balaban J connectivity index is 1.66. The minimum Gasteiger partial charge on any atom is -0.322 e. The highest BCUT2D eigenvalue weighted by Gasteiger charge is 2.16. The van der Waals surface area contributed by atoms with Crippen molar-refractivity contribution in [3.8, 4) is 5.69 Å². The van der Waals surface area contributed by atoms with Gasteiger partial charge in [-0.3, -0.25) is 9.69 Å². The van der Waals surface area contributed by atoms with E-state index in [9.17, 15) is 4.79 Å². The molecule has 3 aromatic rings. The first-order valence-electron chi connectivity index (χ1n) is 8.78. The molecule has 27 heavy (non-hydrogen) atoms. The highest BCUT2D eigenvalue weighted by molar-refractivity contribution is 6.30. The predicted molar refractivity (Wildman–Crippen MR) is 109 cm³/mol. The van der Waals surface area contributed by atoms with Gasteiger partial charge in [0, 0.05) is 11.6 Å². The number of anilines is 1. The van der Waals surface area contributed by atoms with E-state index < -0.39 is 0 Å². The monoisotopic (exact) mass is 382 g/mol. The van der Waals surface area contributed by atoms with Gasteiger partial charge in [0.1, 0.15) is 0 Å². The number of para-hydroxylation sites is 1. The Morgan fingerprint density at radius 2 is 1.89 bits per heavy atom. The van der Waals surface area contributed by atoms with E-state index in [1.54, 1.807) is 0 Å². The molecule has 0 saturated heterocycles. The second kappa shape index (κ2) is 8.37. The van der Waals surface area contributed by atoms with Crippen LogP contribution in [0.25, 0.3) is 5.69 Å². The summed E-state index contributed by atoms with van der Waals surface area (Å²) in [6.07, 6.45) is 0. The number of benzene rings is 2. The number of nitrogens with zero attached hydrogens (tertiary/aromatic N) is 3. The fourth-order valence-electron chi connectivity index (χ4n) is 3.07. The molecule has 0 bridgehead atoms. The Kier molecular flexibility index (Phi) is 5.94. The summed E-state index contributed by atoms with van der Waals surface area (Å²) in [6.45, 7) is 4.78. The van der Waals surface area contributed by atoms with Gasteiger partial charge < -0.3 is 5.32 Å². The van der Waals surface area contributed by atoms with Crippen molar-refractivity contribution in [2.75, 3.05) is 18.9 Å². The van der Waals surface area contributed by atoms with Gasteiger partial charge in [0.2, 0.25) is 5.91 Å². The lowest BCUT2D eigenvalue weighted by atomic mass is 10.2. The third-order valence-electron chi connectivity index (χ3n) is 4.31. The van der Waals surface area contributed by atoms with Crippen molar-refractivity contribution in [3.63, 3.8) is 0 Å². The van der Waals surface area contributed by atoms with Crippen molar-refractivity contribution >= 4 is 23.2 Å². The predicted octanol–water partition coefficient (Wildman–Crippen LogP) is 4.21. The standard InChI is InChI=1S/C21H23ClN4O/c1-15-21(16(2)26(24-15)19-10-5-4-6-11-19)23-20(27)14-25(3)13-17-8-7-9-18(22)12-17/h4-12H,13-14H2,1-3H3,(H,23,27). The van der Waals surface area contributed by atoms with E-state index in [2.05, 4.69) is 10.4 Å². The van der Waals surface area contributed by atoms with Gasteiger partial charge in [-0.2, -0.15) is 5.10 Å². The van der Waals surface area contributed by atoms with Crippen LogP contribution in [-0.4, -0.2) is 34.2 Å². The van der Waals surface area contributed by atoms with Gasteiger partial charge in [-0.15, -0.1) is 0 Å². The molecule has 0 aliphatic rings.